The third-order valence-corrected chi connectivity index (χ3v) is 7.86. The monoisotopic (exact) mass is 550 g/mol. The zero-order chi connectivity index (χ0) is 29.2. The van der Waals surface area contributed by atoms with E-state index in [0.29, 0.717) is 0 Å². The van der Waals surface area contributed by atoms with Crippen LogP contribution in [0.1, 0.15) is 111 Å². The summed E-state index contributed by atoms with van der Waals surface area (Å²) in [6.45, 7) is 4.53. The van der Waals surface area contributed by atoms with Gasteiger partial charge < -0.3 is 0 Å². The van der Waals surface area contributed by atoms with Crippen molar-refractivity contribution in [1.82, 2.24) is 0 Å². The number of hydrogen-bond donors (Lipinski definition) is 0. The minimum absolute atomic E-state index is 1.02. The molecular formula is C42H46. The van der Waals surface area contributed by atoms with Crippen LogP contribution in [0.3, 0.4) is 0 Å². The first-order chi connectivity index (χ1) is 20.7. The van der Waals surface area contributed by atoms with Crippen molar-refractivity contribution in [2.45, 2.75) is 90.9 Å². The van der Waals surface area contributed by atoms with Gasteiger partial charge in [-0.2, -0.15) is 0 Å². The Labute approximate surface area is 255 Å². The third-order valence-electron chi connectivity index (χ3n) is 7.86. The Hall–Kier alpha value is -4.00. The smallest absolute Gasteiger partial charge is 0.0327 e. The quantitative estimate of drug-likeness (QED) is 0.115. The zero-order valence-corrected chi connectivity index (χ0v) is 25.7. The molecule has 0 aliphatic carbocycles. The molecule has 0 heterocycles. The van der Waals surface area contributed by atoms with Gasteiger partial charge in [0.2, 0.25) is 0 Å². The molecule has 0 nitrogen and oxygen atoms in total. The first kappa shape index (κ1) is 30.9. The molecule has 0 atom stereocenters. The van der Waals surface area contributed by atoms with E-state index in [-0.39, 0.29) is 0 Å². The minimum atomic E-state index is 1.02. The van der Waals surface area contributed by atoms with Crippen LogP contribution in [0.15, 0.2) is 97.1 Å². The molecule has 0 saturated carbocycles. The minimum Gasteiger partial charge on any atom is -0.0654 e. The van der Waals surface area contributed by atoms with Crippen LogP contribution in [0, 0.1) is 23.7 Å². The number of hydrogen-bond acceptors (Lipinski definition) is 0. The lowest BCUT2D eigenvalue weighted by molar-refractivity contribution is 0.632. The second-order valence-corrected chi connectivity index (χ2v) is 11.3. The molecule has 0 heteroatoms. The fraction of sp³-hybridized carbons (Fsp3) is 0.333. The highest BCUT2D eigenvalue weighted by Gasteiger charge is 2.03. The summed E-state index contributed by atoms with van der Waals surface area (Å²) < 4.78 is 0. The van der Waals surface area contributed by atoms with Crippen molar-refractivity contribution in [1.29, 1.82) is 0 Å². The standard InChI is InChI=1S/C42H46/c1-3-5-7-9-11-15-35-19-23-37(24-20-35)27-28-39-30-33-41(34-31-39)42-18-14-13-17-40(42)32-29-38-25-21-36(22-26-38)16-12-10-8-6-4-2/h13-14,17-26,30-31,33-34H,3-12,15-16H2,1-2H3. The number of benzene rings is 4. The SMILES string of the molecule is CCCCCCCc1ccc(C#Cc2ccc(-c3ccccc3C#Cc3ccc(CCCCCCC)cc3)cc2)cc1. The zero-order valence-electron chi connectivity index (χ0n) is 25.7. The molecule has 0 amide bonds. The molecule has 214 valence electrons. The predicted molar refractivity (Wildman–Crippen MR) is 182 cm³/mol. The summed E-state index contributed by atoms with van der Waals surface area (Å²) in [7, 11) is 0. The number of rotatable bonds is 13. The average Bonchev–Trinajstić information content (AvgIpc) is 3.04. The van der Waals surface area contributed by atoms with Crippen molar-refractivity contribution in [3.05, 3.63) is 130 Å². The summed E-state index contributed by atoms with van der Waals surface area (Å²) in [4.78, 5) is 0. The van der Waals surface area contributed by atoms with E-state index >= 15 is 0 Å². The van der Waals surface area contributed by atoms with Crippen LogP contribution in [-0.4, -0.2) is 0 Å². The maximum atomic E-state index is 3.42. The lowest BCUT2D eigenvalue weighted by atomic mass is 9.98. The predicted octanol–water partition coefficient (Wildman–Crippen LogP) is 11.2. The molecule has 0 spiro atoms. The molecule has 0 aromatic heterocycles. The van der Waals surface area contributed by atoms with Gasteiger partial charge in [0.15, 0.2) is 0 Å². The molecule has 0 N–H and O–H groups in total. The molecule has 42 heavy (non-hydrogen) atoms. The molecule has 4 rings (SSSR count). The van der Waals surface area contributed by atoms with Crippen molar-refractivity contribution >= 4 is 0 Å². The van der Waals surface area contributed by atoms with Gasteiger partial charge in [0.1, 0.15) is 0 Å². The fourth-order valence-corrected chi connectivity index (χ4v) is 5.24. The van der Waals surface area contributed by atoms with Gasteiger partial charge in [-0.15, -0.1) is 0 Å². The van der Waals surface area contributed by atoms with Crippen molar-refractivity contribution in [3.8, 4) is 34.8 Å². The van der Waals surface area contributed by atoms with Crippen molar-refractivity contribution in [3.63, 3.8) is 0 Å². The van der Waals surface area contributed by atoms with E-state index < -0.39 is 0 Å². The Morgan fingerprint density at radius 3 is 1.33 bits per heavy atom. The normalized spacial score (nSPS) is 10.4. The van der Waals surface area contributed by atoms with Crippen molar-refractivity contribution < 1.29 is 0 Å². The lowest BCUT2D eigenvalue weighted by Gasteiger charge is -2.05. The molecule has 0 aliphatic heterocycles. The van der Waals surface area contributed by atoms with Gasteiger partial charge in [0.25, 0.3) is 0 Å². The molecule has 0 saturated heterocycles. The third kappa shape index (κ3) is 10.4. The van der Waals surface area contributed by atoms with E-state index in [9.17, 15) is 0 Å². The van der Waals surface area contributed by atoms with Gasteiger partial charge in [0.05, 0.1) is 0 Å². The summed E-state index contributed by atoms with van der Waals surface area (Å²) in [5, 5.41) is 0. The van der Waals surface area contributed by atoms with Gasteiger partial charge in [-0.25, -0.2) is 0 Å². The Bertz CT molecular complexity index is 1460. The maximum absolute atomic E-state index is 3.42. The summed E-state index contributed by atoms with van der Waals surface area (Å²) in [6.07, 6.45) is 15.5. The summed E-state index contributed by atoms with van der Waals surface area (Å²) in [5.74, 6) is 13.5. The first-order valence-corrected chi connectivity index (χ1v) is 16.2. The molecule has 4 aromatic rings. The second kappa shape index (κ2) is 17.7. The van der Waals surface area contributed by atoms with Gasteiger partial charge in [-0.1, -0.05) is 143 Å². The highest BCUT2D eigenvalue weighted by Crippen LogP contribution is 2.24. The number of unbranched alkanes of at least 4 members (excludes halogenated alkanes) is 8. The topological polar surface area (TPSA) is 0 Å². The van der Waals surface area contributed by atoms with Crippen LogP contribution in [0.25, 0.3) is 11.1 Å². The van der Waals surface area contributed by atoms with Gasteiger partial charge >= 0.3 is 0 Å². The Kier molecular flexibility index (Phi) is 13.1. The second-order valence-electron chi connectivity index (χ2n) is 11.3. The van der Waals surface area contributed by atoms with Gasteiger partial charge in [0, 0.05) is 22.3 Å². The Morgan fingerprint density at radius 1 is 0.405 bits per heavy atom. The van der Waals surface area contributed by atoms with Crippen LogP contribution in [0.4, 0.5) is 0 Å². The summed E-state index contributed by atoms with van der Waals surface area (Å²) >= 11 is 0. The molecule has 0 fully saturated rings. The fourth-order valence-electron chi connectivity index (χ4n) is 5.24. The lowest BCUT2D eigenvalue weighted by Crippen LogP contribution is -1.87. The number of aryl methyl sites for hydroxylation is 2. The van der Waals surface area contributed by atoms with Crippen molar-refractivity contribution in [2.75, 3.05) is 0 Å². The summed E-state index contributed by atoms with van der Waals surface area (Å²) in [6, 6.07) is 34.5. The molecule has 0 unspecified atom stereocenters. The molecule has 0 radical (unpaired) electrons. The van der Waals surface area contributed by atoms with E-state index in [1.165, 1.54) is 75.3 Å². The molecular weight excluding hydrogens is 504 g/mol. The van der Waals surface area contributed by atoms with Crippen LogP contribution in [0.5, 0.6) is 0 Å². The molecule has 4 aromatic carbocycles. The molecule has 0 aliphatic rings. The van der Waals surface area contributed by atoms with E-state index in [0.717, 1.165) is 46.2 Å². The maximum Gasteiger partial charge on any atom is 0.0327 e. The average molecular weight is 551 g/mol. The van der Waals surface area contributed by atoms with Gasteiger partial charge in [-0.05, 0) is 90.4 Å². The largest absolute Gasteiger partial charge is 0.0654 e. The Balaban J connectivity index is 1.35. The van der Waals surface area contributed by atoms with E-state index in [1.54, 1.807) is 0 Å². The highest BCUT2D eigenvalue weighted by molar-refractivity contribution is 5.72. The van der Waals surface area contributed by atoms with E-state index in [2.05, 4.69) is 135 Å². The Morgan fingerprint density at radius 2 is 0.833 bits per heavy atom. The van der Waals surface area contributed by atoms with Crippen LogP contribution in [-0.2, 0) is 12.8 Å². The summed E-state index contributed by atoms with van der Waals surface area (Å²) in [5.41, 5.74) is 9.32. The molecule has 0 bridgehead atoms. The van der Waals surface area contributed by atoms with Gasteiger partial charge in [-0.3, -0.25) is 0 Å². The first-order valence-electron chi connectivity index (χ1n) is 16.2. The van der Waals surface area contributed by atoms with E-state index in [1.807, 2.05) is 0 Å². The van der Waals surface area contributed by atoms with Crippen LogP contribution >= 0.6 is 0 Å². The van der Waals surface area contributed by atoms with Crippen molar-refractivity contribution in [2.24, 2.45) is 0 Å². The van der Waals surface area contributed by atoms with E-state index in [4.69, 9.17) is 0 Å². The highest BCUT2D eigenvalue weighted by atomic mass is 14.1. The van der Waals surface area contributed by atoms with Crippen LogP contribution < -0.4 is 0 Å². The van der Waals surface area contributed by atoms with Crippen LogP contribution in [0.2, 0.25) is 0 Å².